The van der Waals surface area contributed by atoms with Gasteiger partial charge in [-0.05, 0) is 28.5 Å². The van der Waals surface area contributed by atoms with Crippen molar-refractivity contribution in [2.75, 3.05) is 0 Å². The van der Waals surface area contributed by atoms with Gasteiger partial charge in [0.2, 0.25) is 0 Å². The van der Waals surface area contributed by atoms with Crippen LogP contribution >= 0.6 is 0 Å². The summed E-state index contributed by atoms with van der Waals surface area (Å²) in [7, 11) is -4.41. The van der Waals surface area contributed by atoms with Crippen LogP contribution in [0.3, 0.4) is 0 Å². The Labute approximate surface area is 156 Å². The Bertz CT molecular complexity index is 1100. The first kappa shape index (κ1) is 18.8. The average Bonchev–Trinajstić information content (AvgIpc) is 2.68. The molecule has 0 bridgehead atoms. The maximum absolute atomic E-state index is 12.6. The van der Waals surface area contributed by atoms with Gasteiger partial charge in [0.25, 0.3) is 0 Å². The molecule has 0 amide bonds. The molecule has 0 saturated heterocycles. The molecule has 3 aromatic rings. The minimum atomic E-state index is -4.41. The average molecular weight is 383 g/mol. The van der Waals surface area contributed by atoms with Crippen LogP contribution in [0.4, 0.5) is 0 Å². The van der Waals surface area contributed by atoms with E-state index < -0.39 is 28.0 Å². The molecule has 3 aromatic carbocycles. The normalized spacial score (nSPS) is 13.7. The lowest BCUT2D eigenvalue weighted by Crippen LogP contribution is -2.47. The van der Waals surface area contributed by atoms with E-state index in [9.17, 15) is 18.0 Å². The SMILES string of the molecule is NC(CC=O)(C(=O)OS(=O)(=O)c1ccc2ccccc2c1)c1ccccc1. The lowest BCUT2D eigenvalue weighted by molar-refractivity contribution is -0.141. The predicted octanol–water partition coefficient (Wildman–Crippen LogP) is 2.51. The summed E-state index contributed by atoms with van der Waals surface area (Å²) in [6, 6.07) is 19.6. The molecule has 0 radical (unpaired) electrons. The largest absolute Gasteiger partial charge is 0.347 e. The quantitative estimate of drug-likeness (QED) is 0.518. The van der Waals surface area contributed by atoms with Crippen LogP contribution in [0.15, 0.2) is 77.7 Å². The van der Waals surface area contributed by atoms with Crippen molar-refractivity contribution >= 4 is 33.1 Å². The van der Waals surface area contributed by atoms with Crippen LogP contribution in [-0.2, 0) is 29.4 Å². The Hall–Kier alpha value is -3.03. The molecule has 7 heteroatoms. The highest BCUT2D eigenvalue weighted by Crippen LogP contribution is 2.26. The molecule has 1 unspecified atom stereocenters. The fraction of sp³-hybridized carbons (Fsp3) is 0.100. The van der Waals surface area contributed by atoms with Crippen LogP contribution in [0.1, 0.15) is 12.0 Å². The van der Waals surface area contributed by atoms with E-state index in [2.05, 4.69) is 0 Å². The van der Waals surface area contributed by atoms with E-state index in [1.807, 2.05) is 12.1 Å². The summed E-state index contributed by atoms with van der Waals surface area (Å²) in [4.78, 5) is 23.5. The molecule has 2 N–H and O–H groups in total. The molecular weight excluding hydrogens is 366 g/mol. The van der Waals surface area contributed by atoms with E-state index in [0.29, 0.717) is 11.7 Å². The molecule has 0 aliphatic heterocycles. The molecular formula is C20H17NO5S. The van der Waals surface area contributed by atoms with E-state index in [0.717, 1.165) is 5.39 Å². The van der Waals surface area contributed by atoms with Crippen molar-refractivity contribution in [1.82, 2.24) is 0 Å². The smallest absolute Gasteiger partial charge is 0.340 e. The molecule has 0 heterocycles. The summed E-state index contributed by atoms with van der Waals surface area (Å²) < 4.78 is 30.0. The van der Waals surface area contributed by atoms with Gasteiger partial charge in [-0.15, -0.1) is 0 Å². The van der Waals surface area contributed by atoms with E-state index in [4.69, 9.17) is 9.92 Å². The number of carbonyl (C=O) groups excluding carboxylic acids is 2. The minimum Gasteiger partial charge on any atom is -0.340 e. The molecule has 3 rings (SSSR count). The lowest BCUT2D eigenvalue weighted by atomic mass is 9.88. The van der Waals surface area contributed by atoms with Crippen molar-refractivity contribution in [2.24, 2.45) is 5.73 Å². The van der Waals surface area contributed by atoms with Gasteiger partial charge in [0.15, 0.2) is 0 Å². The van der Waals surface area contributed by atoms with Gasteiger partial charge < -0.3 is 14.7 Å². The van der Waals surface area contributed by atoms with E-state index in [-0.39, 0.29) is 10.5 Å². The third-order valence-corrected chi connectivity index (χ3v) is 5.46. The van der Waals surface area contributed by atoms with Crippen molar-refractivity contribution in [3.8, 4) is 0 Å². The molecule has 0 spiro atoms. The maximum atomic E-state index is 12.6. The first-order chi connectivity index (χ1) is 12.9. The summed E-state index contributed by atoms with van der Waals surface area (Å²) in [6.45, 7) is 0. The molecule has 0 aliphatic rings. The van der Waals surface area contributed by atoms with Gasteiger partial charge in [-0.25, -0.2) is 4.79 Å². The minimum absolute atomic E-state index is 0.170. The molecule has 1 atom stereocenters. The number of aldehydes is 1. The fourth-order valence-electron chi connectivity index (χ4n) is 2.73. The van der Waals surface area contributed by atoms with Crippen LogP contribution in [0.5, 0.6) is 0 Å². The molecule has 0 aromatic heterocycles. The lowest BCUT2D eigenvalue weighted by Gasteiger charge is -2.25. The van der Waals surface area contributed by atoms with Crippen LogP contribution in [-0.4, -0.2) is 20.7 Å². The molecule has 0 aliphatic carbocycles. The molecule has 6 nitrogen and oxygen atoms in total. The summed E-state index contributed by atoms with van der Waals surface area (Å²) in [5.41, 5.74) is 4.47. The monoisotopic (exact) mass is 383 g/mol. The maximum Gasteiger partial charge on any atom is 0.347 e. The first-order valence-corrected chi connectivity index (χ1v) is 9.53. The second kappa shape index (κ2) is 7.30. The van der Waals surface area contributed by atoms with Gasteiger partial charge >= 0.3 is 16.1 Å². The van der Waals surface area contributed by atoms with Crippen LogP contribution < -0.4 is 5.73 Å². The topological polar surface area (TPSA) is 104 Å². The number of hydrogen-bond donors (Lipinski definition) is 1. The number of benzene rings is 3. The van der Waals surface area contributed by atoms with E-state index in [1.165, 1.54) is 24.3 Å². The van der Waals surface area contributed by atoms with Gasteiger partial charge in [-0.1, -0.05) is 60.7 Å². The summed E-state index contributed by atoms with van der Waals surface area (Å²) in [5, 5.41) is 1.53. The summed E-state index contributed by atoms with van der Waals surface area (Å²) in [6.07, 6.45) is 0.0417. The number of fused-ring (bicyclic) bond motifs is 1. The van der Waals surface area contributed by atoms with Gasteiger partial charge in [-0.3, -0.25) is 0 Å². The molecule has 0 saturated carbocycles. The van der Waals surface area contributed by atoms with Gasteiger partial charge in [-0.2, -0.15) is 8.42 Å². The van der Waals surface area contributed by atoms with Crippen molar-refractivity contribution in [2.45, 2.75) is 16.9 Å². The van der Waals surface area contributed by atoms with Gasteiger partial charge in [0.1, 0.15) is 16.7 Å². The van der Waals surface area contributed by atoms with Crippen molar-refractivity contribution in [3.05, 3.63) is 78.4 Å². The second-order valence-electron chi connectivity index (χ2n) is 6.04. The number of nitrogens with two attached hydrogens (primary N) is 1. The van der Waals surface area contributed by atoms with Crippen molar-refractivity contribution in [1.29, 1.82) is 0 Å². The zero-order valence-corrected chi connectivity index (χ0v) is 15.1. The standard InChI is InChI=1S/C20H17NO5S/c21-20(12-13-22,17-8-2-1-3-9-17)19(23)26-27(24,25)18-11-10-15-6-4-5-7-16(15)14-18/h1-11,13-14H,12,21H2. The van der Waals surface area contributed by atoms with E-state index in [1.54, 1.807) is 36.4 Å². The third kappa shape index (κ3) is 3.74. The second-order valence-corrected chi connectivity index (χ2v) is 7.59. The molecule has 0 fully saturated rings. The van der Waals surface area contributed by atoms with Crippen LogP contribution in [0.2, 0.25) is 0 Å². The van der Waals surface area contributed by atoms with Crippen molar-refractivity contribution < 1.29 is 22.2 Å². The van der Waals surface area contributed by atoms with Gasteiger partial charge in [0.05, 0.1) is 0 Å². The van der Waals surface area contributed by atoms with Crippen molar-refractivity contribution in [3.63, 3.8) is 0 Å². The molecule has 138 valence electrons. The highest BCUT2D eigenvalue weighted by Gasteiger charge is 2.40. The van der Waals surface area contributed by atoms with Crippen LogP contribution in [0, 0.1) is 0 Å². The Balaban J connectivity index is 1.95. The number of rotatable bonds is 6. The summed E-state index contributed by atoms with van der Waals surface area (Å²) in [5.74, 6) is -1.21. The Morgan fingerprint density at radius 1 is 0.963 bits per heavy atom. The Morgan fingerprint density at radius 2 is 1.59 bits per heavy atom. The Kier molecular flexibility index (Phi) is 5.07. The van der Waals surface area contributed by atoms with Crippen LogP contribution in [0.25, 0.3) is 10.8 Å². The third-order valence-electron chi connectivity index (χ3n) is 4.25. The number of hydrogen-bond acceptors (Lipinski definition) is 6. The molecule has 27 heavy (non-hydrogen) atoms. The Morgan fingerprint density at radius 3 is 2.26 bits per heavy atom. The highest BCUT2D eigenvalue weighted by molar-refractivity contribution is 7.87. The zero-order chi connectivity index (χ0) is 19.5. The van der Waals surface area contributed by atoms with Gasteiger partial charge in [0, 0.05) is 6.42 Å². The highest BCUT2D eigenvalue weighted by atomic mass is 32.2. The zero-order valence-electron chi connectivity index (χ0n) is 14.2. The number of carbonyl (C=O) groups is 2. The summed E-state index contributed by atoms with van der Waals surface area (Å²) >= 11 is 0. The fourth-order valence-corrected chi connectivity index (χ4v) is 3.68. The van der Waals surface area contributed by atoms with E-state index >= 15 is 0 Å². The predicted molar refractivity (Wildman–Crippen MR) is 100 cm³/mol. The first-order valence-electron chi connectivity index (χ1n) is 8.12.